The lowest BCUT2D eigenvalue weighted by molar-refractivity contribution is 0.0946. The van der Waals surface area contributed by atoms with Gasteiger partial charge in [-0.3, -0.25) is 9.59 Å². The first-order chi connectivity index (χ1) is 9.35. The highest BCUT2D eigenvalue weighted by Gasteiger charge is 2.15. The molecule has 0 aliphatic carbocycles. The van der Waals surface area contributed by atoms with Crippen LogP contribution in [0.3, 0.4) is 0 Å². The van der Waals surface area contributed by atoms with Gasteiger partial charge in [-0.15, -0.1) is 0 Å². The summed E-state index contributed by atoms with van der Waals surface area (Å²) in [5.74, 6) is -0.148. The predicted octanol–water partition coefficient (Wildman–Crippen LogP) is 2.42. The summed E-state index contributed by atoms with van der Waals surface area (Å²) < 4.78 is 0. The van der Waals surface area contributed by atoms with E-state index in [0.717, 1.165) is 12.8 Å². The van der Waals surface area contributed by atoms with Gasteiger partial charge in [0.25, 0.3) is 5.91 Å². The number of hydrogen-bond donors (Lipinski definition) is 2. The van der Waals surface area contributed by atoms with E-state index in [0.29, 0.717) is 17.7 Å². The second-order valence-corrected chi connectivity index (χ2v) is 5.82. The van der Waals surface area contributed by atoms with Crippen LogP contribution >= 0.6 is 0 Å². The molecule has 0 saturated heterocycles. The van der Waals surface area contributed by atoms with Crippen LogP contribution in [0, 0.1) is 5.41 Å². The summed E-state index contributed by atoms with van der Waals surface area (Å²) in [5.41, 5.74) is 1.05. The lowest BCUT2D eigenvalue weighted by Crippen LogP contribution is -2.26. The third-order valence-electron chi connectivity index (χ3n) is 3.30. The molecule has 0 aromatic heterocycles. The molecule has 0 fully saturated rings. The van der Waals surface area contributed by atoms with Crippen molar-refractivity contribution in [3.05, 3.63) is 35.4 Å². The molecule has 1 aromatic rings. The highest BCUT2D eigenvalue weighted by molar-refractivity contribution is 5.97. The Balaban J connectivity index is 2.41. The van der Waals surface area contributed by atoms with E-state index in [1.807, 2.05) is 13.8 Å². The summed E-state index contributed by atoms with van der Waals surface area (Å²) in [6.45, 7) is 6.22. The van der Waals surface area contributed by atoms with Crippen LogP contribution in [0.25, 0.3) is 0 Å². The van der Waals surface area contributed by atoms with Gasteiger partial charge in [0.05, 0.1) is 0 Å². The van der Waals surface area contributed by atoms with E-state index in [2.05, 4.69) is 5.32 Å². The van der Waals surface area contributed by atoms with Crippen molar-refractivity contribution in [3.8, 4) is 0 Å². The number of hydrogen-bond acceptors (Lipinski definition) is 3. The molecular weight excluding hydrogens is 254 g/mol. The van der Waals surface area contributed by atoms with Gasteiger partial charge in [-0.1, -0.05) is 26.0 Å². The number of nitrogens with one attached hydrogen (secondary N) is 1. The van der Waals surface area contributed by atoms with E-state index in [4.69, 9.17) is 5.11 Å². The maximum atomic E-state index is 11.9. The molecule has 0 radical (unpaired) electrons. The Morgan fingerprint density at radius 1 is 1.15 bits per heavy atom. The molecule has 0 aliphatic heterocycles. The van der Waals surface area contributed by atoms with Crippen LogP contribution in [0.1, 0.15) is 54.3 Å². The monoisotopic (exact) mass is 277 g/mol. The molecule has 4 heteroatoms. The molecule has 0 heterocycles. The smallest absolute Gasteiger partial charge is 0.251 e. The fourth-order valence-electron chi connectivity index (χ4n) is 1.81. The standard InChI is InChI=1S/C16H23NO3/c1-12(19)13-5-7-14(8-6-13)15(20)17-10-4-9-16(2,3)11-18/h5-8,18H,4,9-11H2,1-3H3,(H,17,20). The molecule has 1 rings (SSSR count). The molecule has 0 unspecified atom stereocenters. The zero-order chi connectivity index (χ0) is 15.2. The number of ketones is 1. The molecule has 1 amide bonds. The van der Waals surface area contributed by atoms with E-state index in [-0.39, 0.29) is 23.7 Å². The fourth-order valence-corrected chi connectivity index (χ4v) is 1.81. The average Bonchev–Trinajstić information content (AvgIpc) is 2.43. The number of aliphatic hydroxyl groups is 1. The Morgan fingerprint density at radius 3 is 2.20 bits per heavy atom. The first kappa shape index (κ1) is 16.4. The Morgan fingerprint density at radius 2 is 1.70 bits per heavy atom. The topological polar surface area (TPSA) is 66.4 Å². The molecule has 0 spiro atoms. The van der Waals surface area contributed by atoms with Gasteiger partial charge in [-0.25, -0.2) is 0 Å². The highest BCUT2D eigenvalue weighted by atomic mass is 16.3. The molecule has 1 aromatic carbocycles. The third kappa shape index (κ3) is 5.13. The van der Waals surface area contributed by atoms with Crippen LogP contribution in [0.4, 0.5) is 0 Å². The summed E-state index contributed by atoms with van der Waals surface area (Å²) in [6.07, 6.45) is 1.68. The van der Waals surface area contributed by atoms with E-state index in [1.165, 1.54) is 6.92 Å². The lowest BCUT2D eigenvalue weighted by atomic mass is 9.89. The van der Waals surface area contributed by atoms with Crippen molar-refractivity contribution in [1.82, 2.24) is 5.32 Å². The lowest BCUT2D eigenvalue weighted by Gasteiger charge is -2.21. The van der Waals surface area contributed by atoms with Gasteiger partial charge in [0, 0.05) is 24.3 Å². The summed E-state index contributed by atoms with van der Waals surface area (Å²) in [4.78, 5) is 23.0. The number of Topliss-reactive ketones (excluding diaryl/α,β-unsaturated/α-hetero) is 1. The summed E-state index contributed by atoms with van der Waals surface area (Å²) in [6, 6.07) is 6.63. The number of carbonyl (C=O) groups excluding carboxylic acids is 2. The van der Waals surface area contributed by atoms with E-state index < -0.39 is 0 Å². The van der Waals surface area contributed by atoms with Gasteiger partial charge in [-0.2, -0.15) is 0 Å². The minimum atomic E-state index is -0.137. The van der Waals surface area contributed by atoms with Crippen molar-refractivity contribution in [3.63, 3.8) is 0 Å². The van der Waals surface area contributed by atoms with Gasteiger partial charge >= 0.3 is 0 Å². The van der Waals surface area contributed by atoms with Crippen LogP contribution in [0.5, 0.6) is 0 Å². The molecule has 4 nitrogen and oxygen atoms in total. The number of aliphatic hydroxyl groups excluding tert-OH is 1. The number of rotatable bonds is 7. The van der Waals surface area contributed by atoms with Crippen LogP contribution in [-0.4, -0.2) is 29.9 Å². The molecule has 110 valence electrons. The first-order valence-corrected chi connectivity index (χ1v) is 6.86. The molecule has 0 bridgehead atoms. The second kappa shape index (κ2) is 7.20. The fraction of sp³-hybridized carbons (Fsp3) is 0.500. The Bertz CT molecular complexity index is 463. The van der Waals surface area contributed by atoms with Crippen LogP contribution in [-0.2, 0) is 0 Å². The predicted molar refractivity (Wildman–Crippen MR) is 78.9 cm³/mol. The summed E-state index contributed by atoms with van der Waals surface area (Å²) >= 11 is 0. The maximum absolute atomic E-state index is 11.9. The van der Waals surface area contributed by atoms with E-state index in [1.54, 1.807) is 24.3 Å². The molecule has 0 atom stereocenters. The van der Waals surface area contributed by atoms with Gasteiger partial charge in [-0.05, 0) is 37.3 Å². The van der Waals surface area contributed by atoms with E-state index >= 15 is 0 Å². The Kier molecular flexibility index (Phi) is 5.89. The molecule has 0 saturated carbocycles. The van der Waals surface area contributed by atoms with Gasteiger partial charge < -0.3 is 10.4 Å². The molecule has 2 N–H and O–H groups in total. The minimum Gasteiger partial charge on any atom is -0.396 e. The van der Waals surface area contributed by atoms with Crippen LogP contribution in [0.2, 0.25) is 0 Å². The van der Waals surface area contributed by atoms with Crippen LogP contribution in [0.15, 0.2) is 24.3 Å². The van der Waals surface area contributed by atoms with Crippen molar-refractivity contribution < 1.29 is 14.7 Å². The Labute approximate surface area is 120 Å². The molecular formula is C16H23NO3. The largest absolute Gasteiger partial charge is 0.396 e. The zero-order valence-electron chi connectivity index (χ0n) is 12.4. The maximum Gasteiger partial charge on any atom is 0.251 e. The molecule has 0 aliphatic rings. The summed E-state index contributed by atoms with van der Waals surface area (Å²) in [5, 5.41) is 12.0. The second-order valence-electron chi connectivity index (χ2n) is 5.82. The Hall–Kier alpha value is -1.68. The zero-order valence-corrected chi connectivity index (χ0v) is 12.4. The van der Waals surface area contributed by atoms with Crippen molar-refractivity contribution in [1.29, 1.82) is 0 Å². The number of amides is 1. The van der Waals surface area contributed by atoms with Gasteiger partial charge in [0.2, 0.25) is 0 Å². The first-order valence-electron chi connectivity index (χ1n) is 6.86. The van der Waals surface area contributed by atoms with Gasteiger partial charge in [0.15, 0.2) is 5.78 Å². The SMILES string of the molecule is CC(=O)c1ccc(C(=O)NCCCC(C)(C)CO)cc1. The molecule has 20 heavy (non-hydrogen) atoms. The quantitative estimate of drug-likeness (QED) is 0.594. The van der Waals surface area contributed by atoms with Crippen molar-refractivity contribution in [2.24, 2.45) is 5.41 Å². The average molecular weight is 277 g/mol. The summed E-state index contributed by atoms with van der Waals surface area (Å²) in [7, 11) is 0. The van der Waals surface area contributed by atoms with Crippen molar-refractivity contribution in [2.45, 2.75) is 33.6 Å². The number of carbonyl (C=O) groups is 2. The van der Waals surface area contributed by atoms with Crippen LogP contribution < -0.4 is 5.32 Å². The van der Waals surface area contributed by atoms with E-state index in [9.17, 15) is 9.59 Å². The minimum absolute atomic E-state index is 0.0109. The van der Waals surface area contributed by atoms with Crippen molar-refractivity contribution >= 4 is 11.7 Å². The highest BCUT2D eigenvalue weighted by Crippen LogP contribution is 2.20. The van der Waals surface area contributed by atoms with Crippen molar-refractivity contribution in [2.75, 3.05) is 13.2 Å². The van der Waals surface area contributed by atoms with Gasteiger partial charge in [0.1, 0.15) is 0 Å². The normalized spacial score (nSPS) is 11.2. The third-order valence-corrected chi connectivity index (χ3v) is 3.30. The number of benzene rings is 1.